The Morgan fingerprint density at radius 2 is 1.77 bits per heavy atom. The van der Waals surface area contributed by atoms with Crippen LogP contribution in [0.25, 0.3) is 0 Å². The van der Waals surface area contributed by atoms with Crippen LogP contribution in [-0.2, 0) is 9.53 Å². The van der Waals surface area contributed by atoms with Gasteiger partial charge in [0.2, 0.25) is 0 Å². The maximum atomic E-state index is 11.9. The van der Waals surface area contributed by atoms with Gasteiger partial charge in [0, 0.05) is 5.56 Å². The number of hydrazone groups is 1. The normalized spacial score (nSPS) is 11.0. The molecule has 114 valence electrons. The Hall–Kier alpha value is -2.53. The van der Waals surface area contributed by atoms with Crippen LogP contribution in [0.3, 0.4) is 0 Å². The van der Waals surface area contributed by atoms with Gasteiger partial charge in [-0.1, -0.05) is 29.8 Å². The molecule has 0 radical (unpaired) electrons. The van der Waals surface area contributed by atoms with Crippen LogP contribution in [0.2, 0.25) is 5.02 Å². The molecule has 2 aromatic carbocycles. The van der Waals surface area contributed by atoms with Crippen LogP contribution >= 0.6 is 11.6 Å². The third-order valence-electron chi connectivity index (χ3n) is 2.89. The molecule has 0 spiro atoms. The molecule has 2 aromatic rings. The monoisotopic (exact) mass is 318 g/mol. The minimum atomic E-state index is -0.575. The first-order chi connectivity index (χ1) is 10.7. The summed E-state index contributed by atoms with van der Waals surface area (Å²) in [6.45, 7) is 0. The molecule has 0 saturated carbocycles. The third-order valence-corrected chi connectivity index (χ3v) is 3.22. The number of halogens is 1. The van der Waals surface area contributed by atoms with E-state index in [1.54, 1.807) is 55.6 Å². The van der Waals surface area contributed by atoms with Gasteiger partial charge in [-0.25, -0.2) is 4.79 Å². The summed E-state index contributed by atoms with van der Waals surface area (Å²) in [5, 5.41) is 4.54. The molecular formula is C16H15ClN2O3. The van der Waals surface area contributed by atoms with Crippen LogP contribution in [0.4, 0.5) is 5.69 Å². The van der Waals surface area contributed by atoms with E-state index in [0.29, 0.717) is 16.3 Å². The zero-order chi connectivity index (χ0) is 15.9. The number of hydrogen-bond donors (Lipinski definition) is 1. The lowest BCUT2D eigenvalue weighted by Gasteiger charge is -2.08. The van der Waals surface area contributed by atoms with Crippen molar-refractivity contribution in [2.45, 2.75) is 0 Å². The quantitative estimate of drug-likeness (QED) is 0.522. The standard InChI is InChI=1S/C16H15ClN2O3/c1-21-12-9-7-11(8-10-12)18-19-15(16(20)22-2)13-5-3-4-6-14(13)17/h3-10,18H,1-2H3/b19-15-. The molecular weight excluding hydrogens is 304 g/mol. The van der Waals surface area contributed by atoms with Crippen molar-refractivity contribution in [1.29, 1.82) is 0 Å². The summed E-state index contributed by atoms with van der Waals surface area (Å²) >= 11 is 6.11. The number of carbonyl (C=O) groups is 1. The Labute approximate surface area is 133 Å². The second-order valence-electron chi connectivity index (χ2n) is 4.27. The first-order valence-electron chi connectivity index (χ1n) is 6.46. The lowest BCUT2D eigenvalue weighted by molar-refractivity contribution is -0.132. The molecule has 2 rings (SSSR count). The lowest BCUT2D eigenvalue weighted by Crippen LogP contribution is -2.19. The molecule has 0 unspecified atom stereocenters. The highest BCUT2D eigenvalue weighted by Gasteiger charge is 2.17. The van der Waals surface area contributed by atoms with Gasteiger partial charge in [-0.3, -0.25) is 5.43 Å². The fourth-order valence-corrected chi connectivity index (χ4v) is 1.98. The molecule has 0 aliphatic rings. The molecule has 0 aromatic heterocycles. The highest BCUT2D eigenvalue weighted by Crippen LogP contribution is 2.18. The van der Waals surface area contributed by atoms with Gasteiger partial charge in [-0.15, -0.1) is 0 Å². The van der Waals surface area contributed by atoms with Crippen molar-refractivity contribution < 1.29 is 14.3 Å². The fraction of sp³-hybridized carbons (Fsp3) is 0.125. The summed E-state index contributed by atoms with van der Waals surface area (Å²) in [7, 11) is 2.88. The van der Waals surface area contributed by atoms with E-state index in [-0.39, 0.29) is 5.71 Å². The Bertz CT molecular complexity index is 684. The van der Waals surface area contributed by atoms with Gasteiger partial charge in [-0.05, 0) is 30.3 Å². The number of esters is 1. The molecule has 0 bridgehead atoms. The molecule has 6 heteroatoms. The van der Waals surface area contributed by atoms with Gasteiger partial charge in [0.25, 0.3) is 0 Å². The van der Waals surface area contributed by atoms with Gasteiger partial charge in [0.05, 0.1) is 24.9 Å². The molecule has 0 amide bonds. The van der Waals surface area contributed by atoms with Gasteiger partial charge < -0.3 is 9.47 Å². The molecule has 1 N–H and O–H groups in total. The SMILES string of the molecule is COC(=O)/C(=N\Nc1ccc(OC)cc1)c1ccccc1Cl. The van der Waals surface area contributed by atoms with Crippen molar-refractivity contribution in [2.24, 2.45) is 5.10 Å². The first-order valence-corrected chi connectivity index (χ1v) is 6.84. The van der Waals surface area contributed by atoms with E-state index in [9.17, 15) is 4.79 Å². The second kappa shape index (κ2) is 7.47. The smallest absolute Gasteiger partial charge is 0.359 e. The van der Waals surface area contributed by atoms with Crippen molar-refractivity contribution in [3.05, 3.63) is 59.1 Å². The first kappa shape index (κ1) is 15.9. The maximum absolute atomic E-state index is 11.9. The zero-order valence-corrected chi connectivity index (χ0v) is 12.9. The average Bonchev–Trinajstić information content (AvgIpc) is 2.56. The highest BCUT2D eigenvalue weighted by atomic mass is 35.5. The minimum Gasteiger partial charge on any atom is -0.497 e. The van der Waals surface area contributed by atoms with Crippen molar-refractivity contribution >= 4 is 29.0 Å². The number of anilines is 1. The molecule has 0 heterocycles. The Morgan fingerprint density at radius 1 is 1.09 bits per heavy atom. The summed E-state index contributed by atoms with van der Waals surface area (Å²) in [6.07, 6.45) is 0. The number of hydrogen-bond acceptors (Lipinski definition) is 5. The van der Waals surface area contributed by atoms with Gasteiger partial charge in [0.1, 0.15) is 5.75 Å². The number of ether oxygens (including phenoxy) is 2. The van der Waals surface area contributed by atoms with E-state index in [1.165, 1.54) is 7.11 Å². The largest absolute Gasteiger partial charge is 0.497 e. The summed E-state index contributed by atoms with van der Waals surface area (Å²) in [5.41, 5.74) is 4.11. The summed E-state index contributed by atoms with van der Waals surface area (Å²) in [5.74, 6) is 0.155. The number of methoxy groups -OCH3 is 2. The van der Waals surface area contributed by atoms with Crippen LogP contribution in [-0.4, -0.2) is 25.9 Å². The summed E-state index contributed by atoms with van der Waals surface area (Å²) < 4.78 is 9.84. The summed E-state index contributed by atoms with van der Waals surface area (Å²) in [4.78, 5) is 11.9. The fourth-order valence-electron chi connectivity index (χ4n) is 1.75. The van der Waals surface area contributed by atoms with E-state index in [0.717, 1.165) is 5.75 Å². The van der Waals surface area contributed by atoms with Gasteiger partial charge >= 0.3 is 5.97 Å². The lowest BCUT2D eigenvalue weighted by atomic mass is 10.1. The van der Waals surface area contributed by atoms with E-state index in [1.807, 2.05) is 0 Å². The third kappa shape index (κ3) is 3.77. The van der Waals surface area contributed by atoms with Crippen molar-refractivity contribution in [3.8, 4) is 5.75 Å². The number of benzene rings is 2. The molecule has 0 aliphatic carbocycles. The van der Waals surface area contributed by atoms with E-state index >= 15 is 0 Å². The Morgan fingerprint density at radius 3 is 2.36 bits per heavy atom. The Kier molecular flexibility index (Phi) is 5.38. The van der Waals surface area contributed by atoms with Crippen molar-refractivity contribution in [2.75, 3.05) is 19.6 Å². The highest BCUT2D eigenvalue weighted by molar-refractivity contribution is 6.47. The number of rotatable bonds is 5. The zero-order valence-electron chi connectivity index (χ0n) is 12.2. The molecule has 0 atom stereocenters. The van der Waals surface area contributed by atoms with Crippen molar-refractivity contribution in [3.63, 3.8) is 0 Å². The number of nitrogens with one attached hydrogen (secondary N) is 1. The van der Waals surface area contributed by atoms with Gasteiger partial charge in [-0.2, -0.15) is 5.10 Å². The molecule has 0 aliphatic heterocycles. The second-order valence-corrected chi connectivity index (χ2v) is 4.68. The predicted octanol–water partition coefficient (Wildman–Crippen LogP) is 3.34. The Balaban J connectivity index is 2.29. The molecule has 5 nitrogen and oxygen atoms in total. The van der Waals surface area contributed by atoms with Crippen molar-refractivity contribution in [1.82, 2.24) is 0 Å². The van der Waals surface area contributed by atoms with Crippen LogP contribution in [0.15, 0.2) is 53.6 Å². The minimum absolute atomic E-state index is 0.101. The van der Waals surface area contributed by atoms with E-state index in [2.05, 4.69) is 10.5 Å². The van der Waals surface area contributed by atoms with Crippen LogP contribution in [0.1, 0.15) is 5.56 Å². The van der Waals surface area contributed by atoms with Gasteiger partial charge in [0.15, 0.2) is 5.71 Å². The summed E-state index contributed by atoms with van der Waals surface area (Å²) in [6, 6.07) is 14.1. The van der Waals surface area contributed by atoms with Crippen LogP contribution < -0.4 is 10.2 Å². The topological polar surface area (TPSA) is 59.9 Å². The van der Waals surface area contributed by atoms with Crippen LogP contribution in [0.5, 0.6) is 5.75 Å². The maximum Gasteiger partial charge on any atom is 0.359 e. The van der Waals surface area contributed by atoms with Crippen LogP contribution in [0, 0.1) is 0 Å². The molecule has 0 fully saturated rings. The van der Waals surface area contributed by atoms with E-state index < -0.39 is 5.97 Å². The molecule has 0 saturated heterocycles. The molecule has 22 heavy (non-hydrogen) atoms. The number of nitrogens with zero attached hydrogens (tertiary/aromatic N) is 1. The average molecular weight is 319 g/mol. The number of carbonyl (C=O) groups excluding carboxylic acids is 1. The van der Waals surface area contributed by atoms with E-state index in [4.69, 9.17) is 21.1 Å². The predicted molar refractivity (Wildman–Crippen MR) is 86.6 cm³/mol.